The van der Waals surface area contributed by atoms with Crippen molar-refractivity contribution in [2.45, 2.75) is 0 Å². The van der Waals surface area contributed by atoms with Crippen molar-refractivity contribution >= 4 is 37.6 Å². The minimum atomic E-state index is 0. The zero-order valence-electron chi connectivity index (χ0n) is 8.91. The molecule has 0 fully saturated rings. The van der Waals surface area contributed by atoms with E-state index >= 15 is 0 Å². The van der Waals surface area contributed by atoms with Gasteiger partial charge in [-0.1, -0.05) is 18.2 Å². The Morgan fingerprint density at radius 1 is 1.00 bits per heavy atom. The highest BCUT2D eigenvalue weighted by Gasteiger charge is 2.11. The van der Waals surface area contributed by atoms with Gasteiger partial charge in [0.15, 0.2) is 12.4 Å². The monoisotopic (exact) mass is 417 g/mol. The Morgan fingerprint density at radius 3 is 2.06 bits per heavy atom. The smallest absolute Gasteiger partial charge is 0.210 e. The molecule has 0 radical (unpaired) electrons. The lowest BCUT2D eigenvalue weighted by molar-refractivity contribution is -0.580. The molecule has 0 amide bonds. The van der Waals surface area contributed by atoms with Crippen LogP contribution < -0.4 is 21.5 Å². The van der Waals surface area contributed by atoms with Crippen molar-refractivity contribution in [2.75, 3.05) is 0 Å². The van der Waals surface area contributed by atoms with Crippen LogP contribution in [0.2, 0.25) is 0 Å². The lowest BCUT2D eigenvalue weighted by Crippen LogP contribution is -3.00. The molecule has 1 aromatic heterocycles. The minimum absolute atomic E-state index is 0. The molecule has 0 aliphatic carbocycles. The van der Waals surface area contributed by atoms with Crippen LogP contribution in [-0.2, 0) is 0 Å². The first-order chi connectivity index (χ1) is 7.66. The summed E-state index contributed by atoms with van der Waals surface area (Å²) in [6.45, 7) is 4.10. The molecule has 0 bridgehead atoms. The highest BCUT2D eigenvalue weighted by atomic mass is 79.9. The number of pyridine rings is 1. The first-order valence-electron chi connectivity index (χ1n) is 4.79. The fraction of sp³-hybridized carbons (Fsp3) is 0. The molecular weight excluding hydrogens is 410 g/mol. The number of halogens is 3. The summed E-state index contributed by atoms with van der Waals surface area (Å²) in [5.41, 5.74) is 2.06. The molecule has 1 heterocycles. The molecule has 1 nitrogen and oxygen atoms in total. The standard InChI is InChI=1S/C13H10Br2N.BrH/c1-10(11-5-3-2-4-6-11)16-8-12(14)7-13(15)9-16;/h2-9H,1H2;1H/q+1;/p-1. The highest BCUT2D eigenvalue weighted by Crippen LogP contribution is 2.16. The van der Waals surface area contributed by atoms with Crippen molar-refractivity contribution in [3.05, 3.63) is 69.9 Å². The third-order valence-electron chi connectivity index (χ3n) is 2.22. The van der Waals surface area contributed by atoms with E-state index in [9.17, 15) is 0 Å². The Labute approximate surface area is 128 Å². The zero-order valence-corrected chi connectivity index (χ0v) is 13.7. The van der Waals surface area contributed by atoms with E-state index in [0.29, 0.717) is 0 Å². The quantitative estimate of drug-likeness (QED) is 0.640. The zero-order chi connectivity index (χ0) is 11.5. The molecule has 4 heteroatoms. The average molecular weight is 420 g/mol. The van der Waals surface area contributed by atoms with Crippen LogP contribution >= 0.6 is 31.9 Å². The Bertz CT molecular complexity index is 503. The molecule has 2 aromatic rings. The van der Waals surface area contributed by atoms with Crippen molar-refractivity contribution in [3.8, 4) is 0 Å². The predicted molar refractivity (Wildman–Crippen MR) is 72.9 cm³/mol. The van der Waals surface area contributed by atoms with Gasteiger partial charge in [0, 0.05) is 5.56 Å². The van der Waals surface area contributed by atoms with E-state index in [4.69, 9.17) is 0 Å². The first-order valence-corrected chi connectivity index (χ1v) is 6.37. The Hall–Kier alpha value is -0.450. The lowest BCUT2D eigenvalue weighted by atomic mass is 10.2. The van der Waals surface area contributed by atoms with E-state index < -0.39 is 0 Å². The van der Waals surface area contributed by atoms with Gasteiger partial charge in [0.1, 0.15) is 0 Å². The molecule has 0 aliphatic rings. The van der Waals surface area contributed by atoms with Crippen molar-refractivity contribution in [3.63, 3.8) is 0 Å². The number of nitrogens with zero attached hydrogens (tertiary/aromatic N) is 1. The fourth-order valence-electron chi connectivity index (χ4n) is 1.44. The van der Waals surface area contributed by atoms with Gasteiger partial charge in [0.05, 0.1) is 8.95 Å². The number of benzene rings is 1. The summed E-state index contributed by atoms with van der Waals surface area (Å²) in [6, 6.07) is 12.1. The van der Waals surface area contributed by atoms with Crippen LogP contribution in [0.1, 0.15) is 5.56 Å². The van der Waals surface area contributed by atoms with Crippen molar-refractivity contribution in [1.29, 1.82) is 0 Å². The summed E-state index contributed by atoms with van der Waals surface area (Å²) in [7, 11) is 0. The third-order valence-corrected chi connectivity index (χ3v) is 3.09. The summed E-state index contributed by atoms with van der Waals surface area (Å²) in [5.74, 6) is 0. The van der Waals surface area contributed by atoms with Crippen LogP contribution in [-0.4, -0.2) is 0 Å². The predicted octanol–water partition coefficient (Wildman–Crippen LogP) is 1.02. The van der Waals surface area contributed by atoms with Gasteiger partial charge in [-0.2, -0.15) is 4.57 Å². The highest BCUT2D eigenvalue weighted by molar-refractivity contribution is 9.11. The Balaban J connectivity index is 0.00000144. The van der Waals surface area contributed by atoms with E-state index in [0.717, 1.165) is 20.2 Å². The van der Waals surface area contributed by atoms with E-state index in [1.807, 2.05) is 53.4 Å². The maximum absolute atomic E-state index is 4.10. The van der Waals surface area contributed by atoms with Gasteiger partial charge in [-0.25, -0.2) is 0 Å². The van der Waals surface area contributed by atoms with Crippen LogP contribution in [0, 0.1) is 0 Å². The molecule has 17 heavy (non-hydrogen) atoms. The van der Waals surface area contributed by atoms with Gasteiger partial charge in [0.2, 0.25) is 5.70 Å². The van der Waals surface area contributed by atoms with E-state index in [1.165, 1.54) is 0 Å². The number of hydrogen-bond donors (Lipinski definition) is 0. The maximum atomic E-state index is 4.10. The summed E-state index contributed by atoms with van der Waals surface area (Å²) in [4.78, 5) is 0. The molecule has 1 aromatic carbocycles. The van der Waals surface area contributed by atoms with Crippen molar-refractivity contribution in [1.82, 2.24) is 0 Å². The maximum Gasteiger partial charge on any atom is 0.210 e. The molecule has 88 valence electrons. The van der Waals surface area contributed by atoms with Crippen LogP contribution in [0.15, 0.2) is 64.3 Å². The molecule has 0 spiro atoms. The van der Waals surface area contributed by atoms with E-state index in [1.54, 1.807) is 0 Å². The summed E-state index contributed by atoms with van der Waals surface area (Å²) in [6.07, 6.45) is 3.97. The number of aromatic nitrogens is 1. The van der Waals surface area contributed by atoms with Gasteiger partial charge < -0.3 is 17.0 Å². The fourth-order valence-corrected chi connectivity index (χ4v) is 2.69. The van der Waals surface area contributed by atoms with Gasteiger partial charge in [0.25, 0.3) is 0 Å². The lowest BCUT2D eigenvalue weighted by Gasteiger charge is -2.01. The summed E-state index contributed by atoms with van der Waals surface area (Å²) in [5, 5.41) is 0. The second kappa shape index (κ2) is 6.47. The Kier molecular flexibility index (Phi) is 5.56. The SMILES string of the molecule is C=C(c1ccccc1)[n+]1cc(Br)cc(Br)c1.[Br-]. The summed E-state index contributed by atoms with van der Waals surface area (Å²) >= 11 is 6.92. The Morgan fingerprint density at radius 2 is 1.53 bits per heavy atom. The minimum Gasteiger partial charge on any atom is -1.00 e. The van der Waals surface area contributed by atoms with Gasteiger partial charge in [-0.15, -0.1) is 0 Å². The van der Waals surface area contributed by atoms with Crippen molar-refractivity contribution < 1.29 is 21.5 Å². The molecule has 0 unspecified atom stereocenters. The largest absolute Gasteiger partial charge is 1.00 e. The molecular formula is C13H10Br3N. The van der Waals surface area contributed by atoms with Crippen molar-refractivity contribution in [2.24, 2.45) is 0 Å². The molecule has 0 aliphatic heterocycles. The second-order valence-corrected chi connectivity index (χ2v) is 5.22. The van der Waals surface area contributed by atoms with Gasteiger partial charge in [-0.3, -0.25) is 0 Å². The number of hydrogen-bond acceptors (Lipinski definition) is 0. The topological polar surface area (TPSA) is 3.88 Å². The van der Waals surface area contributed by atoms with Gasteiger partial charge in [-0.05, 0) is 56.6 Å². The third kappa shape index (κ3) is 3.76. The van der Waals surface area contributed by atoms with E-state index in [-0.39, 0.29) is 17.0 Å². The molecule has 0 saturated carbocycles. The first kappa shape index (κ1) is 14.6. The van der Waals surface area contributed by atoms with Crippen LogP contribution in [0.25, 0.3) is 5.70 Å². The van der Waals surface area contributed by atoms with Gasteiger partial charge >= 0.3 is 0 Å². The normalized spacial score (nSPS) is 9.53. The van der Waals surface area contributed by atoms with Crippen LogP contribution in [0.4, 0.5) is 0 Å². The van der Waals surface area contributed by atoms with Crippen LogP contribution in [0.5, 0.6) is 0 Å². The molecule has 0 N–H and O–H groups in total. The summed E-state index contributed by atoms with van der Waals surface area (Å²) < 4.78 is 4.02. The number of rotatable bonds is 2. The second-order valence-electron chi connectivity index (χ2n) is 3.39. The van der Waals surface area contributed by atoms with Crippen LogP contribution in [0.3, 0.4) is 0 Å². The molecule has 0 atom stereocenters. The van der Waals surface area contributed by atoms with E-state index in [2.05, 4.69) is 38.4 Å². The molecule has 2 rings (SSSR count). The average Bonchev–Trinajstić information content (AvgIpc) is 2.28. The molecule has 0 saturated heterocycles.